The minimum atomic E-state index is -0.384. The number of hydrogen-bond donors (Lipinski definition) is 0. The number of esters is 1. The summed E-state index contributed by atoms with van der Waals surface area (Å²) in [6, 6.07) is 23.9. The number of thiophene rings is 1. The first kappa shape index (κ1) is 23.0. The number of hydrogen-bond acceptors (Lipinski definition) is 5. The van der Waals surface area contributed by atoms with Crippen LogP contribution >= 0.6 is 11.3 Å². The van der Waals surface area contributed by atoms with Crippen LogP contribution < -0.4 is 0 Å². The van der Waals surface area contributed by atoms with Crippen LogP contribution in [0.15, 0.2) is 78.2 Å². The van der Waals surface area contributed by atoms with Gasteiger partial charge in [0, 0.05) is 0 Å². The van der Waals surface area contributed by atoms with Gasteiger partial charge in [0.25, 0.3) is 0 Å². The first-order chi connectivity index (χ1) is 16.8. The Morgan fingerprint density at radius 3 is 2.40 bits per heavy atom. The minimum absolute atomic E-state index is 0.0759. The molecule has 0 saturated heterocycles. The number of rotatable bonds is 5. The topological polar surface area (TPSA) is 57.0 Å². The molecule has 35 heavy (non-hydrogen) atoms. The van der Waals surface area contributed by atoms with E-state index >= 15 is 0 Å². The predicted molar refractivity (Wildman–Crippen MR) is 141 cm³/mol. The Labute approximate surface area is 209 Å². The van der Waals surface area contributed by atoms with Gasteiger partial charge in [-0.2, -0.15) is 5.10 Å². The molecular weight excluding hydrogens is 454 g/mol. The highest BCUT2D eigenvalue weighted by molar-refractivity contribution is 7.13. The Morgan fingerprint density at radius 2 is 1.74 bits per heavy atom. The van der Waals surface area contributed by atoms with Crippen LogP contribution in [0.2, 0.25) is 0 Å². The van der Waals surface area contributed by atoms with Gasteiger partial charge in [-0.15, -0.1) is 11.3 Å². The lowest BCUT2D eigenvalue weighted by Gasteiger charge is -2.19. The molecule has 0 aliphatic rings. The maximum atomic E-state index is 13.4. The van der Waals surface area contributed by atoms with Crippen molar-refractivity contribution in [1.29, 1.82) is 0 Å². The van der Waals surface area contributed by atoms with Gasteiger partial charge in [0.1, 0.15) is 6.61 Å². The Hall–Kier alpha value is -3.77. The molecule has 0 atom stereocenters. The van der Waals surface area contributed by atoms with Gasteiger partial charge in [0.05, 0.1) is 32.9 Å². The fourth-order valence-electron chi connectivity index (χ4n) is 4.08. The van der Waals surface area contributed by atoms with E-state index in [1.54, 1.807) is 16.0 Å². The third-order valence-corrected chi connectivity index (χ3v) is 6.89. The summed E-state index contributed by atoms with van der Waals surface area (Å²) in [5.74, 6) is -0.384. The van der Waals surface area contributed by atoms with E-state index in [-0.39, 0.29) is 18.0 Å². The SMILES string of the molecule is Cc1nn(-c2ccccc2)c2nc(-c3cccs3)cc(C(=O)OCc3ccc(C(C)(C)C)cc3)c12. The maximum Gasteiger partial charge on any atom is 0.339 e. The van der Waals surface area contributed by atoms with Gasteiger partial charge < -0.3 is 4.74 Å². The standard InChI is InChI=1S/C29H27N3O2S/c1-19-26-23(28(33)34-18-20-12-14-21(15-13-20)29(2,3)4)17-24(25-11-8-16-35-25)30-27(26)32(31-19)22-9-6-5-7-10-22/h5-17H,18H2,1-4H3. The highest BCUT2D eigenvalue weighted by atomic mass is 32.1. The quantitative estimate of drug-likeness (QED) is 0.251. The van der Waals surface area contributed by atoms with Crippen LogP contribution in [-0.4, -0.2) is 20.7 Å². The molecule has 0 fully saturated rings. The summed E-state index contributed by atoms with van der Waals surface area (Å²) in [4.78, 5) is 19.3. The molecule has 5 rings (SSSR count). The molecule has 2 aromatic carbocycles. The lowest BCUT2D eigenvalue weighted by molar-refractivity contribution is 0.0475. The van der Waals surface area contributed by atoms with Crippen molar-refractivity contribution in [3.05, 3.63) is 101 Å². The largest absolute Gasteiger partial charge is 0.457 e. The highest BCUT2D eigenvalue weighted by Crippen LogP contribution is 2.31. The van der Waals surface area contributed by atoms with Crippen LogP contribution in [-0.2, 0) is 16.8 Å². The lowest BCUT2D eigenvalue weighted by Crippen LogP contribution is -2.11. The fourth-order valence-corrected chi connectivity index (χ4v) is 4.76. The van der Waals surface area contributed by atoms with Gasteiger partial charge in [-0.05, 0) is 53.1 Å². The molecule has 5 aromatic rings. The number of nitrogens with zero attached hydrogens (tertiary/aromatic N) is 3. The van der Waals surface area contributed by atoms with E-state index in [0.29, 0.717) is 16.6 Å². The molecule has 0 aliphatic carbocycles. The van der Waals surface area contributed by atoms with Crippen molar-refractivity contribution in [3.63, 3.8) is 0 Å². The first-order valence-corrected chi connectivity index (χ1v) is 12.5. The molecule has 0 bridgehead atoms. The van der Waals surface area contributed by atoms with Crippen molar-refractivity contribution in [2.45, 2.75) is 39.7 Å². The smallest absolute Gasteiger partial charge is 0.339 e. The second kappa shape index (κ2) is 9.12. The van der Waals surface area contributed by atoms with Gasteiger partial charge in [-0.25, -0.2) is 14.5 Å². The first-order valence-electron chi connectivity index (χ1n) is 11.6. The molecule has 3 heterocycles. The number of carbonyl (C=O) groups excluding carboxylic acids is 1. The summed E-state index contributed by atoms with van der Waals surface area (Å²) in [6.07, 6.45) is 0. The number of benzene rings is 2. The summed E-state index contributed by atoms with van der Waals surface area (Å²) in [7, 11) is 0. The van der Waals surface area contributed by atoms with Gasteiger partial charge in [0.15, 0.2) is 5.65 Å². The van der Waals surface area contributed by atoms with Crippen molar-refractivity contribution in [3.8, 4) is 16.3 Å². The van der Waals surface area contributed by atoms with Gasteiger partial charge in [0.2, 0.25) is 0 Å². The summed E-state index contributed by atoms with van der Waals surface area (Å²) in [5.41, 5.74) is 5.73. The molecular formula is C29H27N3O2S. The Bertz CT molecular complexity index is 1480. The molecule has 0 N–H and O–H groups in total. The fraction of sp³-hybridized carbons (Fsp3) is 0.207. The zero-order valence-electron chi connectivity index (χ0n) is 20.3. The van der Waals surface area contributed by atoms with E-state index in [1.165, 1.54) is 5.56 Å². The highest BCUT2D eigenvalue weighted by Gasteiger charge is 2.22. The van der Waals surface area contributed by atoms with Crippen LogP contribution in [0.4, 0.5) is 0 Å². The monoisotopic (exact) mass is 481 g/mol. The third kappa shape index (κ3) is 4.62. The molecule has 6 heteroatoms. The zero-order chi connectivity index (χ0) is 24.6. The Balaban J connectivity index is 1.53. The molecule has 0 aliphatic heterocycles. The van der Waals surface area contributed by atoms with Crippen molar-refractivity contribution in [2.75, 3.05) is 0 Å². The van der Waals surface area contributed by atoms with Crippen molar-refractivity contribution in [1.82, 2.24) is 14.8 Å². The number of aryl methyl sites for hydroxylation is 1. The van der Waals surface area contributed by atoms with Crippen LogP contribution in [0.1, 0.15) is 48.0 Å². The summed E-state index contributed by atoms with van der Waals surface area (Å²) in [5, 5.41) is 7.44. The lowest BCUT2D eigenvalue weighted by atomic mass is 9.87. The summed E-state index contributed by atoms with van der Waals surface area (Å²) < 4.78 is 7.59. The average Bonchev–Trinajstić information content (AvgIpc) is 3.51. The van der Waals surface area contributed by atoms with Crippen molar-refractivity contribution < 1.29 is 9.53 Å². The third-order valence-electron chi connectivity index (χ3n) is 6.00. The zero-order valence-corrected chi connectivity index (χ0v) is 21.1. The molecule has 0 unspecified atom stereocenters. The number of fused-ring (bicyclic) bond motifs is 1. The van der Waals surface area contributed by atoms with Crippen LogP contribution in [0.3, 0.4) is 0 Å². The minimum Gasteiger partial charge on any atom is -0.457 e. The molecule has 3 aromatic heterocycles. The van der Waals surface area contributed by atoms with Crippen molar-refractivity contribution >= 4 is 28.3 Å². The Morgan fingerprint density at radius 1 is 1.00 bits per heavy atom. The van der Waals surface area contributed by atoms with Gasteiger partial charge >= 0.3 is 5.97 Å². The average molecular weight is 482 g/mol. The molecule has 0 saturated carbocycles. The number of pyridine rings is 1. The summed E-state index contributed by atoms with van der Waals surface area (Å²) >= 11 is 1.58. The predicted octanol–water partition coefficient (Wildman–Crippen LogP) is 7.11. The van der Waals surface area contributed by atoms with Crippen LogP contribution in [0.5, 0.6) is 0 Å². The second-order valence-corrected chi connectivity index (χ2v) is 10.5. The van der Waals surface area contributed by atoms with E-state index in [1.807, 2.05) is 73.0 Å². The molecule has 0 radical (unpaired) electrons. The van der Waals surface area contributed by atoms with Gasteiger partial charge in [-0.3, -0.25) is 0 Å². The molecule has 0 spiro atoms. The van der Waals surface area contributed by atoms with E-state index in [9.17, 15) is 4.79 Å². The van der Waals surface area contributed by atoms with E-state index in [2.05, 4.69) is 32.9 Å². The van der Waals surface area contributed by atoms with E-state index in [0.717, 1.165) is 27.5 Å². The normalized spacial score (nSPS) is 11.7. The van der Waals surface area contributed by atoms with E-state index < -0.39 is 0 Å². The van der Waals surface area contributed by atoms with Crippen LogP contribution in [0, 0.1) is 6.92 Å². The van der Waals surface area contributed by atoms with Gasteiger partial charge in [-0.1, -0.05) is 69.3 Å². The Kier molecular flexibility index (Phi) is 5.99. The number of ether oxygens (including phenoxy) is 1. The number of carbonyl (C=O) groups is 1. The second-order valence-electron chi connectivity index (χ2n) is 9.59. The summed E-state index contributed by atoms with van der Waals surface area (Å²) in [6.45, 7) is 8.64. The number of para-hydroxylation sites is 1. The molecule has 176 valence electrons. The molecule has 5 nitrogen and oxygen atoms in total. The van der Waals surface area contributed by atoms with E-state index in [4.69, 9.17) is 14.8 Å². The molecule has 0 amide bonds. The van der Waals surface area contributed by atoms with Crippen LogP contribution in [0.25, 0.3) is 27.3 Å². The maximum absolute atomic E-state index is 13.4. The number of aromatic nitrogens is 3. The van der Waals surface area contributed by atoms with Crippen molar-refractivity contribution in [2.24, 2.45) is 0 Å².